The number of amides is 2. The smallest absolute Gasteiger partial charge is 0.293 e. The van der Waals surface area contributed by atoms with Gasteiger partial charge in [-0.3, -0.25) is 14.5 Å². The summed E-state index contributed by atoms with van der Waals surface area (Å²) in [5.41, 5.74) is 3.62. The number of thioether (sulfide) groups is 1. The first-order valence-electron chi connectivity index (χ1n) is 9.77. The van der Waals surface area contributed by atoms with Gasteiger partial charge in [0.25, 0.3) is 11.1 Å². The van der Waals surface area contributed by atoms with Crippen LogP contribution in [-0.4, -0.2) is 16.0 Å². The van der Waals surface area contributed by atoms with Gasteiger partial charge in [-0.05, 0) is 54.1 Å². The fourth-order valence-electron chi connectivity index (χ4n) is 3.24. The van der Waals surface area contributed by atoms with Crippen molar-refractivity contribution in [3.05, 3.63) is 106 Å². The Morgan fingerprint density at radius 3 is 2.52 bits per heavy atom. The van der Waals surface area contributed by atoms with Crippen LogP contribution in [0.2, 0.25) is 0 Å². The number of para-hydroxylation sites is 1. The molecule has 3 aromatic carbocycles. The van der Waals surface area contributed by atoms with Gasteiger partial charge in [-0.15, -0.1) is 0 Å². The fraction of sp³-hybridized carbons (Fsp3) is 0.120. The molecule has 1 heterocycles. The van der Waals surface area contributed by atoms with Gasteiger partial charge in [0.05, 0.1) is 11.4 Å². The summed E-state index contributed by atoms with van der Waals surface area (Å²) in [6, 6.07) is 21.2. The maximum atomic E-state index is 13.1. The van der Waals surface area contributed by atoms with Crippen LogP contribution in [0.3, 0.4) is 0 Å². The van der Waals surface area contributed by atoms with Crippen LogP contribution in [0.15, 0.2) is 77.7 Å². The maximum absolute atomic E-state index is 13.1. The topological polar surface area (TPSA) is 46.6 Å². The van der Waals surface area contributed by atoms with E-state index in [9.17, 15) is 14.0 Å². The standard InChI is InChI=1S/C25H20FNO3S/c1-17-5-4-6-19(13-17)16-30-22-8-3-2-7-20(22)14-23-24(28)27(25(29)31-23)15-18-9-11-21(26)12-10-18/h2-14H,15-16H2,1H3/b23-14-. The molecule has 2 amide bonds. The van der Waals surface area contributed by atoms with Crippen LogP contribution in [0.4, 0.5) is 9.18 Å². The number of hydrogen-bond donors (Lipinski definition) is 0. The summed E-state index contributed by atoms with van der Waals surface area (Å²) >= 11 is 0.893. The molecule has 31 heavy (non-hydrogen) atoms. The normalized spacial score (nSPS) is 15.0. The molecule has 0 aliphatic carbocycles. The summed E-state index contributed by atoms with van der Waals surface area (Å²) in [7, 11) is 0. The molecule has 0 spiro atoms. The third kappa shape index (κ3) is 5.03. The van der Waals surface area contributed by atoms with Crippen molar-refractivity contribution in [3.63, 3.8) is 0 Å². The van der Waals surface area contributed by atoms with Gasteiger partial charge in [-0.2, -0.15) is 0 Å². The van der Waals surface area contributed by atoms with Crippen molar-refractivity contribution in [2.45, 2.75) is 20.1 Å². The first-order chi connectivity index (χ1) is 15.0. The SMILES string of the molecule is Cc1cccc(COc2ccccc2/C=C2\SC(=O)N(Cc3ccc(F)cc3)C2=O)c1. The largest absolute Gasteiger partial charge is 0.488 e. The van der Waals surface area contributed by atoms with Crippen molar-refractivity contribution in [3.8, 4) is 5.75 Å². The Hall–Kier alpha value is -3.38. The molecule has 0 atom stereocenters. The van der Waals surface area contributed by atoms with Crippen LogP contribution in [-0.2, 0) is 17.9 Å². The Labute approximate surface area is 184 Å². The van der Waals surface area contributed by atoms with Crippen molar-refractivity contribution in [2.75, 3.05) is 0 Å². The van der Waals surface area contributed by atoms with Crippen molar-refractivity contribution in [2.24, 2.45) is 0 Å². The van der Waals surface area contributed by atoms with Crippen molar-refractivity contribution < 1.29 is 18.7 Å². The summed E-state index contributed by atoms with van der Waals surface area (Å²) < 4.78 is 19.1. The zero-order valence-electron chi connectivity index (χ0n) is 16.9. The number of rotatable bonds is 6. The molecule has 0 aromatic heterocycles. The van der Waals surface area contributed by atoms with Gasteiger partial charge in [0.15, 0.2) is 0 Å². The van der Waals surface area contributed by atoms with E-state index in [-0.39, 0.29) is 23.5 Å². The first-order valence-corrected chi connectivity index (χ1v) is 10.6. The van der Waals surface area contributed by atoms with Crippen molar-refractivity contribution >= 4 is 29.0 Å². The molecular weight excluding hydrogens is 413 g/mol. The van der Waals surface area contributed by atoms with Crippen LogP contribution < -0.4 is 4.74 Å². The Balaban J connectivity index is 1.51. The predicted octanol–water partition coefficient (Wildman–Crippen LogP) is 5.95. The number of imide groups is 1. The van der Waals surface area contributed by atoms with Crippen LogP contribution in [0.1, 0.15) is 22.3 Å². The van der Waals surface area contributed by atoms with Gasteiger partial charge in [0, 0.05) is 5.56 Å². The molecule has 1 saturated heterocycles. The molecule has 0 radical (unpaired) electrons. The number of halogens is 1. The van der Waals surface area contributed by atoms with Crippen LogP contribution >= 0.6 is 11.8 Å². The van der Waals surface area contributed by atoms with Crippen LogP contribution in [0, 0.1) is 12.7 Å². The van der Waals surface area contributed by atoms with E-state index in [0.29, 0.717) is 22.8 Å². The molecule has 156 valence electrons. The van der Waals surface area contributed by atoms with Crippen LogP contribution in [0.5, 0.6) is 5.75 Å². The van der Waals surface area contributed by atoms with E-state index < -0.39 is 0 Å². The van der Waals surface area contributed by atoms with E-state index in [1.165, 1.54) is 17.0 Å². The predicted molar refractivity (Wildman–Crippen MR) is 120 cm³/mol. The minimum Gasteiger partial charge on any atom is -0.488 e. The maximum Gasteiger partial charge on any atom is 0.293 e. The molecular formula is C25H20FNO3S. The lowest BCUT2D eigenvalue weighted by atomic mass is 10.1. The Morgan fingerprint density at radius 2 is 1.74 bits per heavy atom. The zero-order chi connectivity index (χ0) is 21.8. The Bertz CT molecular complexity index is 1160. The lowest BCUT2D eigenvalue weighted by Crippen LogP contribution is -2.27. The molecule has 1 aliphatic heterocycles. The lowest BCUT2D eigenvalue weighted by Gasteiger charge is -2.12. The average molecular weight is 434 g/mol. The van der Waals surface area contributed by atoms with Crippen LogP contribution in [0.25, 0.3) is 6.08 Å². The number of carbonyl (C=O) groups is 2. The highest BCUT2D eigenvalue weighted by Gasteiger charge is 2.35. The summed E-state index contributed by atoms with van der Waals surface area (Å²) in [5, 5.41) is -0.348. The molecule has 1 fully saturated rings. The summed E-state index contributed by atoms with van der Waals surface area (Å²) in [4.78, 5) is 26.7. The van der Waals surface area contributed by atoms with E-state index in [0.717, 1.165) is 28.5 Å². The number of hydrogen-bond acceptors (Lipinski definition) is 4. The molecule has 6 heteroatoms. The monoisotopic (exact) mass is 433 g/mol. The van der Waals surface area contributed by atoms with Gasteiger partial charge in [0.1, 0.15) is 18.2 Å². The van der Waals surface area contributed by atoms with Gasteiger partial charge in [0.2, 0.25) is 0 Å². The second-order valence-electron chi connectivity index (χ2n) is 7.21. The second-order valence-corrected chi connectivity index (χ2v) is 8.20. The van der Waals surface area contributed by atoms with Gasteiger partial charge in [-0.1, -0.05) is 60.2 Å². The van der Waals surface area contributed by atoms with Gasteiger partial charge >= 0.3 is 0 Å². The quantitative estimate of drug-likeness (QED) is 0.451. The molecule has 4 rings (SSSR count). The number of ether oxygens (including phenoxy) is 1. The minimum absolute atomic E-state index is 0.105. The molecule has 0 N–H and O–H groups in total. The molecule has 1 aliphatic rings. The van der Waals surface area contributed by atoms with Gasteiger partial charge in [-0.25, -0.2) is 4.39 Å². The van der Waals surface area contributed by atoms with E-state index in [1.54, 1.807) is 18.2 Å². The van der Waals surface area contributed by atoms with E-state index in [1.807, 2.05) is 49.4 Å². The molecule has 3 aromatic rings. The van der Waals surface area contributed by atoms with Crippen molar-refractivity contribution in [1.29, 1.82) is 0 Å². The fourth-order valence-corrected chi connectivity index (χ4v) is 4.07. The first kappa shape index (κ1) is 20.9. The van der Waals surface area contributed by atoms with Gasteiger partial charge < -0.3 is 4.74 Å². The van der Waals surface area contributed by atoms with E-state index >= 15 is 0 Å². The summed E-state index contributed by atoms with van der Waals surface area (Å²) in [6.07, 6.45) is 1.68. The highest BCUT2D eigenvalue weighted by Crippen LogP contribution is 2.35. The molecule has 0 bridgehead atoms. The average Bonchev–Trinajstić information content (AvgIpc) is 3.02. The molecule has 0 unspecified atom stereocenters. The number of nitrogens with zero attached hydrogens (tertiary/aromatic N) is 1. The molecule has 0 saturated carbocycles. The number of benzene rings is 3. The summed E-state index contributed by atoms with van der Waals surface area (Å²) in [5.74, 6) is -0.0952. The number of carbonyl (C=O) groups excluding carboxylic acids is 2. The zero-order valence-corrected chi connectivity index (χ0v) is 17.7. The van der Waals surface area contributed by atoms with E-state index in [2.05, 4.69) is 6.07 Å². The van der Waals surface area contributed by atoms with E-state index in [4.69, 9.17) is 4.74 Å². The third-order valence-corrected chi connectivity index (χ3v) is 5.72. The number of aryl methyl sites for hydroxylation is 1. The summed E-state index contributed by atoms with van der Waals surface area (Å²) in [6.45, 7) is 2.53. The molecule has 4 nitrogen and oxygen atoms in total. The second kappa shape index (κ2) is 9.18. The highest BCUT2D eigenvalue weighted by atomic mass is 32.2. The van der Waals surface area contributed by atoms with Crippen molar-refractivity contribution in [1.82, 2.24) is 4.90 Å². The Kier molecular flexibility index (Phi) is 6.18. The Morgan fingerprint density at radius 1 is 0.968 bits per heavy atom. The minimum atomic E-state index is -0.368. The third-order valence-electron chi connectivity index (χ3n) is 4.81. The highest BCUT2D eigenvalue weighted by molar-refractivity contribution is 8.18. The lowest BCUT2D eigenvalue weighted by molar-refractivity contribution is -0.123.